The molecule has 1 aromatic heterocycles. The number of hydrogen-bond acceptors (Lipinski definition) is 7. The Bertz CT molecular complexity index is 851. The van der Waals surface area contributed by atoms with Gasteiger partial charge in [0.15, 0.2) is 23.0 Å². The van der Waals surface area contributed by atoms with E-state index in [0.717, 1.165) is 11.3 Å². The molecule has 0 unspecified atom stereocenters. The summed E-state index contributed by atoms with van der Waals surface area (Å²) in [6.45, 7) is 3.11. The molecule has 3 rings (SSSR count). The number of benzene rings is 2. The standard InChI is InChI=1S/C14H12O6S/c1-3-7(15)11(19)9(17)5-6-10(18)12(20)8(16)4(2)14(6)21-13(3)5/h15-20H,1-2H3. The van der Waals surface area contributed by atoms with Gasteiger partial charge in [-0.05, 0) is 13.8 Å². The molecule has 0 aliphatic carbocycles. The van der Waals surface area contributed by atoms with Crippen molar-refractivity contribution in [3.8, 4) is 34.5 Å². The Hall–Kier alpha value is -2.54. The Morgan fingerprint density at radius 3 is 1.19 bits per heavy atom. The first-order chi connectivity index (χ1) is 9.77. The molecule has 0 fully saturated rings. The van der Waals surface area contributed by atoms with Gasteiger partial charge < -0.3 is 30.6 Å². The maximum Gasteiger partial charge on any atom is 0.201 e. The summed E-state index contributed by atoms with van der Waals surface area (Å²) in [6.07, 6.45) is 0. The van der Waals surface area contributed by atoms with Crippen LogP contribution in [-0.2, 0) is 0 Å². The van der Waals surface area contributed by atoms with Crippen LogP contribution in [0, 0.1) is 13.8 Å². The lowest BCUT2D eigenvalue weighted by molar-refractivity contribution is 0.368. The SMILES string of the molecule is Cc1c(O)c(O)c(O)c2c1sc1c(C)c(O)c(O)c(O)c12. The second-order valence-corrected chi connectivity index (χ2v) is 5.87. The summed E-state index contributed by atoms with van der Waals surface area (Å²) < 4.78 is 0.891. The lowest BCUT2D eigenvalue weighted by Gasteiger charge is -2.08. The molecule has 0 aliphatic heterocycles. The predicted molar refractivity (Wildman–Crippen MR) is 78.8 cm³/mol. The van der Waals surface area contributed by atoms with Crippen molar-refractivity contribution in [3.63, 3.8) is 0 Å². The van der Waals surface area contributed by atoms with Crippen LogP contribution in [0.1, 0.15) is 11.1 Å². The Morgan fingerprint density at radius 2 is 0.857 bits per heavy atom. The van der Waals surface area contributed by atoms with Gasteiger partial charge in [-0.2, -0.15) is 0 Å². The highest BCUT2D eigenvalue weighted by molar-refractivity contribution is 7.26. The third-order valence-electron chi connectivity index (χ3n) is 3.67. The van der Waals surface area contributed by atoms with Gasteiger partial charge in [-0.25, -0.2) is 0 Å². The van der Waals surface area contributed by atoms with E-state index in [1.54, 1.807) is 13.8 Å². The molecule has 3 aromatic rings. The Kier molecular flexibility index (Phi) is 2.55. The van der Waals surface area contributed by atoms with Crippen molar-refractivity contribution in [1.82, 2.24) is 0 Å². The van der Waals surface area contributed by atoms with Gasteiger partial charge in [0.2, 0.25) is 11.5 Å². The largest absolute Gasteiger partial charge is 0.504 e. The number of aryl methyl sites for hydroxylation is 2. The molecule has 1 heterocycles. The number of phenolic OH excluding ortho intramolecular Hbond substituents is 6. The highest BCUT2D eigenvalue weighted by Crippen LogP contribution is 2.56. The van der Waals surface area contributed by atoms with Gasteiger partial charge in [0.05, 0.1) is 10.8 Å². The summed E-state index contributed by atoms with van der Waals surface area (Å²) in [6, 6.07) is 0. The monoisotopic (exact) mass is 308 g/mol. The second-order valence-electron chi connectivity index (χ2n) is 4.85. The van der Waals surface area contributed by atoms with Crippen LogP contribution in [0.3, 0.4) is 0 Å². The molecule has 2 aromatic carbocycles. The van der Waals surface area contributed by atoms with E-state index in [4.69, 9.17) is 0 Å². The van der Waals surface area contributed by atoms with E-state index in [1.807, 2.05) is 0 Å². The van der Waals surface area contributed by atoms with E-state index in [-0.39, 0.29) is 10.8 Å². The van der Waals surface area contributed by atoms with Gasteiger partial charge in [-0.15, -0.1) is 11.3 Å². The summed E-state index contributed by atoms with van der Waals surface area (Å²) in [5, 5.41) is 59.5. The number of hydrogen-bond donors (Lipinski definition) is 6. The first kappa shape index (κ1) is 13.4. The van der Waals surface area contributed by atoms with Gasteiger partial charge >= 0.3 is 0 Å². The van der Waals surface area contributed by atoms with Crippen molar-refractivity contribution < 1.29 is 30.6 Å². The predicted octanol–water partition coefficient (Wildman–Crippen LogP) is 2.90. The number of rotatable bonds is 0. The van der Waals surface area contributed by atoms with Crippen LogP contribution in [0.2, 0.25) is 0 Å². The Labute approximate surface area is 122 Å². The molecule has 0 spiro atoms. The van der Waals surface area contributed by atoms with Crippen molar-refractivity contribution in [1.29, 1.82) is 0 Å². The smallest absolute Gasteiger partial charge is 0.201 e. The topological polar surface area (TPSA) is 121 Å². The minimum atomic E-state index is -0.690. The molecule has 7 heteroatoms. The lowest BCUT2D eigenvalue weighted by atomic mass is 10.0. The zero-order chi connectivity index (χ0) is 15.6. The van der Waals surface area contributed by atoms with Gasteiger partial charge in [-0.3, -0.25) is 0 Å². The maximum absolute atomic E-state index is 10.1. The second kappa shape index (κ2) is 3.98. The molecular formula is C14H12O6S. The van der Waals surface area contributed by atoms with Crippen LogP contribution in [0.25, 0.3) is 20.2 Å². The molecule has 6 N–H and O–H groups in total. The summed E-state index contributed by atoms with van der Waals surface area (Å²) in [5.74, 6) is -3.44. The summed E-state index contributed by atoms with van der Waals surface area (Å²) in [5.41, 5.74) is 0.665. The van der Waals surface area contributed by atoms with Crippen molar-refractivity contribution in [2.45, 2.75) is 13.8 Å². The number of fused-ring (bicyclic) bond motifs is 3. The van der Waals surface area contributed by atoms with Crippen LogP contribution in [-0.4, -0.2) is 30.6 Å². The third-order valence-corrected chi connectivity index (χ3v) is 5.10. The molecule has 0 saturated carbocycles. The van der Waals surface area contributed by atoms with Crippen molar-refractivity contribution in [3.05, 3.63) is 11.1 Å². The molecular weight excluding hydrogens is 296 g/mol. The molecule has 0 saturated heterocycles. The van der Waals surface area contributed by atoms with Crippen LogP contribution < -0.4 is 0 Å². The average Bonchev–Trinajstić information content (AvgIpc) is 2.87. The van der Waals surface area contributed by atoms with Gasteiger partial charge in [0, 0.05) is 20.5 Å². The zero-order valence-corrected chi connectivity index (χ0v) is 11.9. The molecule has 0 atom stereocenters. The van der Waals surface area contributed by atoms with Crippen molar-refractivity contribution in [2.75, 3.05) is 0 Å². The Balaban J connectivity index is 2.73. The maximum atomic E-state index is 10.1. The zero-order valence-electron chi connectivity index (χ0n) is 11.1. The van der Waals surface area contributed by atoms with Crippen LogP contribution in [0.4, 0.5) is 0 Å². The van der Waals surface area contributed by atoms with Gasteiger partial charge in [-0.1, -0.05) is 0 Å². The molecule has 0 amide bonds. The highest BCUT2D eigenvalue weighted by atomic mass is 32.1. The molecule has 0 bridgehead atoms. The number of thiophene rings is 1. The highest BCUT2D eigenvalue weighted by Gasteiger charge is 2.26. The fourth-order valence-electron chi connectivity index (χ4n) is 2.44. The summed E-state index contributed by atoms with van der Waals surface area (Å²) in [4.78, 5) is 0. The van der Waals surface area contributed by atoms with Crippen molar-refractivity contribution >= 4 is 31.5 Å². The van der Waals surface area contributed by atoms with Gasteiger partial charge in [0.1, 0.15) is 0 Å². The minimum absolute atomic E-state index is 0.124. The lowest BCUT2D eigenvalue weighted by Crippen LogP contribution is -1.81. The third kappa shape index (κ3) is 1.46. The van der Waals surface area contributed by atoms with E-state index in [1.165, 1.54) is 0 Å². The number of aromatic hydroxyl groups is 6. The van der Waals surface area contributed by atoms with Crippen LogP contribution in [0.15, 0.2) is 0 Å². The Morgan fingerprint density at radius 1 is 0.524 bits per heavy atom. The average molecular weight is 308 g/mol. The molecule has 110 valence electrons. The fraction of sp³-hybridized carbons (Fsp3) is 0.143. The first-order valence-corrected chi connectivity index (χ1v) is 6.82. The molecule has 0 aliphatic rings. The van der Waals surface area contributed by atoms with E-state index in [9.17, 15) is 30.6 Å². The van der Waals surface area contributed by atoms with Crippen molar-refractivity contribution in [2.24, 2.45) is 0 Å². The normalized spacial score (nSPS) is 11.5. The number of phenols is 6. The first-order valence-electron chi connectivity index (χ1n) is 6.00. The molecule has 0 radical (unpaired) electrons. The summed E-state index contributed by atoms with van der Waals surface area (Å²) >= 11 is 1.13. The van der Waals surface area contributed by atoms with E-state index < -0.39 is 34.5 Å². The van der Waals surface area contributed by atoms with E-state index in [2.05, 4.69) is 0 Å². The van der Waals surface area contributed by atoms with E-state index >= 15 is 0 Å². The van der Waals surface area contributed by atoms with Crippen LogP contribution in [0.5, 0.6) is 34.5 Å². The van der Waals surface area contributed by atoms with Gasteiger partial charge in [0.25, 0.3) is 0 Å². The molecule has 21 heavy (non-hydrogen) atoms. The van der Waals surface area contributed by atoms with Crippen LogP contribution >= 0.6 is 11.3 Å². The minimum Gasteiger partial charge on any atom is -0.504 e. The summed E-state index contributed by atoms with van der Waals surface area (Å²) in [7, 11) is 0. The fourth-order valence-corrected chi connectivity index (χ4v) is 3.75. The van der Waals surface area contributed by atoms with E-state index in [0.29, 0.717) is 20.5 Å². The quantitative estimate of drug-likeness (QED) is 0.355. The molecule has 6 nitrogen and oxygen atoms in total.